The van der Waals surface area contributed by atoms with Gasteiger partial charge in [-0.15, -0.1) is 22.7 Å². The molecular weight excluding hydrogens is 326 g/mol. The van der Waals surface area contributed by atoms with Crippen LogP contribution >= 0.6 is 22.7 Å². The highest BCUT2D eigenvalue weighted by Gasteiger charge is 2.28. The van der Waals surface area contributed by atoms with E-state index in [2.05, 4.69) is 9.88 Å². The predicted octanol–water partition coefficient (Wildman–Crippen LogP) is 3.67. The number of anilines is 1. The van der Waals surface area contributed by atoms with Crippen LogP contribution in [0.25, 0.3) is 0 Å². The van der Waals surface area contributed by atoms with Crippen LogP contribution in [-0.4, -0.2) is 42.9 Å². The van der Waals surface area contributed by atoms with Crippen molar-refractivity contribution in [1.29, 1.82) is 0 Å². The van der Waals surface area contributed by atoms with Gasteiger partial charge in [-0.3, -0.25) is 9.69 Å². The Bertz CT molecular complexity index is 677. The van der Waals surface area contributed by atoms with E-state index in [4.69, 9.17) is 0 Å². The number of piperidine rings is 1. The van der Waals surface area contributed by atoms with Crippen LogP contribution in [0.1, 0.15) is 33.0 Å². The third kappa shape index (κ3) is 3.82. The molecule has 0 aromatic carbocycles. The minimum absolute atomic E-state index is 0.141. The van der Waals surface area contributed by atoms with Gasteiger partial charge in [-0.25, -0.2) is 4.98 Å². The van der Waals surface area contributed by atoms with E-state index < -0.39 is 0 Å². The van der Waals surface area contributed by atoms with Gasteiger partial charge in [0.05, 0.1) is 4.88 Å². The van der Waals surface area contributed by atoms with Gasteiger partial charge >= 0.3 is 0 Å². The summed E-state index contributed by atoms with van der Waals surface area (Å²) in [6.45, 7) is 4.87. The number of carbonyl (C=O) groups is 1. The first-order valence-corrected chi connectivity index (χ1v) is 9.67. The Morgan fingerprint density at radius 3 is 2.96 bits per heavy atom. The molecule has 124 valence electrons. The summed E-state index contributed by atoms with van der Waals surface area (Å²) in [6.07, 6.45) is 4.08. The first-order valence-electron chi connectivity index (χ1n) is 7.97. The third-order valence-electron chi connectivity index (χ3n) is 4.27. The molecule has 0 N–H and O–H groups in total. The van der Waals surface area contributed by atoms with Gasteiger partial charge in [0, 0.05) is 44.2 Å². The van der Waals surface area contributed by atoms with Crippen molar-refractivity contribution in [1.82, 2.24) is 9.88 Å². The lowest BCUT2D eigenvalue weighted by atomic mass is 9.92. The lowest BCUT2D eigenvalue weighted by Crippen LogP contribution is -2.38. The number of thiophene rings is 1. The summed E-state index contributed by atoms with van der Waals surface area (Å²) in [6, 6.07) is 2.04. The molecule has 3 rings (SSSR count). The van der Waals surface area contributed by atoms with Gasteiger partial charge < -0.3 is 4.90 Å². The number of hydrogen-bond acceptors (Lipinski definition) is 6. The van der Waals surface area contributed by atoms with Crippen molar-refractivity contribution < 1.29 is 4.79 Å². The summed E-state index contributed by atoms with van der Waals surface area (Å²) >= 11 is 3.32. The summed E-state index contributed by atoms with van der Waals surface area (Å²) in [5.74, 6) is 0.475. The zero-order valence-electron chi connectivity index (χ0n) is 13.9. The normalized spacial score (nSPS) is 19.0. The first-order chi connectivity index (χ1) is 11.0. The number of ketones is 1. The minimum Gasteiger partial charge on any atom is -0.354 e. The summed E-state index contributed by atoms with van der Waals surface area (Å²) in [4.78, 5) is 23.8. The Labute approximate surface area is 145 Å². The molecule has 0 radical (unpaired) electrons. The molecule has 0 saturated carbocycles. The number of carbonyl (C=O) groups excluding carboxylic acids is 1. The molecule has 0 aliphatic carbocycles. The predicted molar refractivity (Wildman–Crippen MR) is 97.8 cm³/mol. The van der Waals surface area contributed by atoms with Crippen LogP contribution < -0.4 is 4.90 Å². The molecule has 0 bridgehead atoms. The second-order valence-electron chi connectivity index (χ2n) is 6.37. The number of aryl methyl sites for hydroxylation is 1. The maximum atomic E-state index is 12.7. The number of thiazole rings is 1. The van der Waals surface area contributed by atoms with E-state index in [0.29, 0.717) is 5.78 Å². The van der Waals surface area contributed by atoms with Crippen molar-refractivity contribution in [3.63, 3.8) is 0 Å². The van der Waals surface area contributed by atoms with Gasteiger partial charge in [0.15, 0.2) is 10.9 Å². The number of aromatic nitrogens is 1. The smallest absolute Gasteiger partial charge is 0.185 e. The van der Waals surface area contributed by atoms with E-state index in [1.807, 2.05) is 43.6 Å². The fraction of sp³-hybridized carbons (Fsp3) is 0.529. The van der Waals surface area contributed by atoms with Crippen LogP contribution in [0.3, 0.4) is 0 Å². The van der Waals surface area contributed by atoms with E-state index >= 15 is 0 Å². The molecule has 6 heteroatoms. The van der Waals surface area contributed by atoms with Crippen LogP contribution in [0.5, 0.6) is 0 Å². The molecule has 2 aromatic rings. The van der Waals surface area contributed by atoms with Gasteiger partial charge in [0.25, 0.3) is 0 Å². The molecule has 0 amide bonds. The maximum Gasteiger partial charge on any atom is 0.185 e. The Balaban J connectivity index is 1.64. The van der Waals surface area contributed by atoms with Gasteiger partial charge in [-0.05, 0) is 43.3 Å². The molecular formula is C17H23N3OS2. The van der Waals surface area contributed by atoms with Crippen molar-refractivity contribution in [3.05, 3.63) is 33.0 Å². The summed E-state index contributed by atoms with van der Waals surface area (Å²) in [7, 11) is 4.03. The summed E-state index contributed by atoms with van der Waals surface area (Å²) in [5.41, 5.74) is 1.12. The van der Waals surface area contributed by atoms with E-state index in [0.717, 1.165) is 48.0 Å². The van der Waals surface area contributed by atoms with Gasteiger partial charge in [0.2, 0.25) is 0 Å². The summed E-state index contributed by atoms with van der Waals surface area (Å²) in [5, 5.41) is 3.06. The number of Topliss-reactive ketones (excluding diaryl/α,β-unsaturated/α-hetero) is 1. The molecule has 3 heterocycles. The number of nitrogens with zero attached hydrogens (tertiary/aromatic N) is 3. The number of rotatable bonds is 5. The number of likely N-dealkylation sites (tertiary alicyclic amines) is 1. The Hall–Kier alpha value is -1.24. The maximum absolute atomic E-state index is 12.7. The molecule has 23 heavy (non-hydrogen) atoms. The minimum atomic E-state index is 0.141. The average Bonchev–Trinajstić information content (AvgIpc) is 3.16. The molecule has 1 aliphatic rings. The van der Waals surface area contributed by atoms with Crippen LogP contribution in [0.2, 0.25) is 0 Å². The van der Waals surface area contributed by atoms with E-state index in [9.17, 15) is 4.79 Å². The van der Waals surface area contributed by atoms with Crippen molar-refractivity contribution in [2.75, 3.05) is 32.1 Å². The topological polar surface area (TPSA) is 36.4 Å². The zero-order valence-corrected chi connectivity index (χ0v) is 15.5. The second kappa shape index (κ2) is 7.11. The van der Waals surface area contributed by atoms with Crippen LogP contribution in [0.4, 0.5) is 5.13 Å². The highest BCUT2D eigenvalue weighted by molar-refractivity contribution is 7.15. The molecule has 4 nitrogen and oxygen atoms in total. The second-order valence-corrected chi connectivity index (χ2v) is 8.38. The average molecular weight is 350 g/mol. The Kier molecular flexibility index (Phi) is 5.14. The standard InChI is InChI=1S/C17H23N3OS2/c1-12-6-8-22-16(12)15(21)13-5-4-7-20(10-13)11-14-9-18-17(23-14)19(2)3/h6,8-9,13H,4-5,7,10-11H2,1-3H3. The van der Waals surface area contributed by atoms with E-state index in [1.165, 1.54) is 4.88 Å². The summed E-state index contributed by atoms with van der Waals surface area (Å²) < 4.78 is 0. The van der Waals surface area contributed by atoms with Crippen molar-refractivity contribution in [2.45, 2.75) is 26.3 Å². The van der Waals surface area contributed by atoms with E-state index in [-0.39, 0.29) is 5.92 Å². The van der Waals surface area contributed by atoms with Crippen molar-refractivity contribution >= 4 is 33.6 Å². The Morgan fingerprint density at radius 1 is 1.48 bits per heavy atom. The van der Waals surface area contributed by atoms with Crippen molar-refractivity contribution in [2.24, 2.45) is 5.92 Å². The monoisotopic (exact) mass is 349 g/mol. The fourth-order valence-electron chi connectivity index (χ4n) is 3.02. The SMILES string of the molecule is Cc1ccsc1C(=O)C1CCCN(Cc2cnc(N(C)C)s2)C1. The molecule has 2 aromatic heterocycles. The number of hydrogen-bond donors (Lipinski definition) is 0. The zero-order chi connectivity index (χ0) is 16.4. The highest BCUT2D eigenvalue weighted by Crippen LogP contribution is 2.28. The molecule has 1 saturated heterocycles. The highest BCUT2D eigenvalue weighted by atomic mass is 32.1. The van der Waals surface area contributed by atoms with E-state index in [1.54, 1.807) is 22.7 Å². The molecule has 1 unspecified atom stereocenters. The Morgan fingerprint density at radius 2 is 2.30 bits per heavy atom. The fourth-order valence-corrected chi connectivity index (χ4v) is 4.84. The van der Waals surface area contributed by atoms with Gasteiger partial charge in [0.1, 0.15) is 0 Å². The van der Waals surface area contributed by atoms with Gasteiger partial charge in [-0.1, -0.05) is 0 Å². The van der Waals surface area contributed by atoms with Gasteiger partial charge in [-0.2, -0.15) is 0 Å². The quantitative estimate of drug-likeness (QED) is 0.772. The lowest BCUT2D eigenvalue weighted by molar-refractivity contribution is 0.0816. The lowest BCUT2D eigenvalue weighted by Gasteiger charge is -2.31. The largest absolute Gasteiger partial charge is 0.354 e. The van der Waals surface area contributed by atoms with Crippen LogP contribution in [-0.2, 0) is 6.54 Å². The molecule has 1 fully saturated rings. The molecule has 0 spiro atoms. The third-order valence-corrected chi connectivity index (χ3v) is 6.45. The molecule has 1 aliphatic heterocycles. The van der Waals surface area contributed by atoms with Crippen LogP contribution in [0.15, 0.2) is 17.6 Å². The van der Waals surface area contributed by atoms with Crippen LogP contribution in [0, 0.1) is 12.8 Å². The first kappa shape index (κ1) is 16.6. The van der Waals surface area contributed by atoms with Crippen molar-refractivity contribution in [3.8, 4) is 0 Å². The molecule has 1 atom stereocenters.